The second kappa shape index (κ2) is 7.91. The molecule has 0 bridgehead atoms. The van der Waals surface area contributed by atoms with Gasteiger partial charge in [-0.1, -0.05) is 13.8 Å². The van der Waals surface area contributed by atoms with E-state index in [1.807, 2.05) is 0 Å². The van der Waals surface area contributed by atoms with Crippen LogP contribution in [0.3, 0.4) is 0 Å². The van der Waals surface area contributed by atoms with Gasteiger partial charge in [0.25, 0.3) is 0 Å². The van der Waals surface area contributed by atoms with E-state index in [4.69, 9.17) is 10.5 Å². The first-order chi connectivity index (χ1) is 10.1. The summed E-state index contributed by atoms with van der Waals surface area (Å²) in [6, 6.07) is 0. The van der Waals surface area contributed by atoms with Gasteiger partial charge < -0.3 is 15.4 Å². The maximum Gasteiger partial charge on any atom is 0.0702 e. The Bertz CT molecular complexity index is 298. The molecule has 2 heterocycles. The molecule has 2 fully saturated rings. The van der Waals surface area contributed by atoms with Crippen molar-refractivity contribution in [2.75, 3.05) is 45.9 Å². The average Bonchev–Trinajstić information content (AvgIpc) is 2.48. The number of likely N-dealkylation sites (tertiary alicyclic amines) is 2. The molecule has 2 aliphatic heterocycles. The summed E-state index contributed by atoms with van der Waals surface area (Å²) in [4.78, 5) is 5.27. The highest BCUT2D eigenvalue weighted by molar-refractivity contribution is 4.98. The third-order valence-corrected chi connectivity index (χ3v) is 5.24. The van der Waals surface area contributed by atoms with Crippen molar-refractivity contribution >= 4 is 0 Å². The molecule has 2 aliphatic rings. The lowest BCUT2D eigenvalue weighted by molar-refractivity contribution is -0.0518. The highest BCUT2D eigenvalue weighted by Crippen LogP contribution is 2.31. The van der Waals surface area contributed by atoms with Crippen molar-refractivity contribution in [2.24, 2.45) is 11.7 Å². The molecule has 1 atom stereocenters. The molecule has 124 valence electrons. The average molecular weight is 297 g/mol. The molecule has 0 amide bonds. The minimum atomic E-state index is 0.225. The molecule has 4 nitrogen and oxygen atoms in total. The maximum atomic E-state index is 6.23. The first-order valence-corrected chi connectivity index (χ1v) is 8.88. The lowest BCUT2D eigenvalue weighted by Gasteiger charge is -2.51. The normalized spacial score (nSPS) is 28.1. The van der Waals surface area contributed by atoms with E-state index in [-0.39, 0.29) is 5.54 Å². The topological polar surface area (TPSA) is 41.7 Å². The van der Waals surface area contributed by atoms with Gasteiger partial charge in [-0.05, 0) is 58.2 Å². The molecule has 0 aromatic rings. The quantitative estimate of drug-likeness (QED) is 0.813. The largest absolute Gasteiger partial charge is 0.377 e. The lowest BCUT2D eigenvalue weighted by Crippen LogP contribution is -2.62. The summed E-state index contributed by atoms with van der Waals surface area (Å²) in [7, 11) is 0. The van der Waals surface area contributed by atoms with Gasteiger partial charge in [0.1, 0.15) is 0 Å². The van der Waals surface area contributed by atoms with Crippen molar-refractivity contribution in [3.8, 4) is 0 Å². The van der Waals surface area contributed by atoms with Crippen LogP contribution in [0.5, 0.6) is 0 Å². The van der Waals surface area contributed by atoms with Crippen molar-refractivity contribution in [3.63, 3.8) is 0 Å². The van der Waals surface area contributed by atoms with Crippen molar-refractivity contribution in [3.05, 3.63) is 0 Å². The minimum absolute atomic E-state index is 0.225. The Hall–Kier alpha value is -0.160. The van der Waals surface area contributed by atoms with Gasteiger partial charge in [0.15, 0.2) is 0 Å². The SMILES string of the molecule is CCOC1CCCN(C2(CN)CCN(CC(C)C)CC2)C1. The fourth-order valence-corrected chi connectivity index (χ4v) is 4.06. The van der Waals surface area contributed by atoms with E-state index < -0.39 is 0 Å². The van der Waals surface area contributed by atoms with E-state index in [2.05, 4.69) is 30.6 Å². The number of hydrogen-bond acceptors (Lipinski definition) is 4. The van der Waals surface area contributed by atoms with Crippen LogP contribution in [-0.4, -0.2) is 67.3 Å². The molecule has 0 aliphatic carbocycles. The van der Waals surface area contributed by atoms with Gasteiger partial charge in [0, 0.05) is 31.8 Å². The first kappa shape index (κ1) is 17.2. The molecule has 1 unspecified atom stereocenters. The molecule has 0 aromatic carbocycles. The predicted octanol–water partition coefficient (Wildman–Crippen LogP) is 1.94. The fourth-order valence-electron chi connectivity index (χ4n) is 4.06. The van der Waals surface area contributed by atoms with Crippen LogP contribution in [0.4, 0.5) is 0 Å². The number of ether oxygens (including phenoxy) is 1. The summed E-state index contributed by atoms with van der Waals surface area (Å²) in [6.07, 6.45) is 5.32. The summed E-state index contributed by atoms with van der Waals surface area (Å²) in [5, 5.41) is 0. The van der Waals surface area contributed by atoms with E-state index in [0.717, 1.165) is 25.6 Å². The van der Waals surface area contributed by atoms with Gasteiger partial charge in [0.05, 0.1) is 6.10 Å². The predicted molar refractivity (Wildman–Crippen MR) is 88.5 cm³/mol. The van der Waals surface area contributed by atoms with E-state index in [0.29, 0.717) is 6.10 Å². The zero-order valence-electron chi connectivity index (χ0n) is 14.3. The summed E-state index contributed by atoms with van der Waals surface area (Å²) in [6.45, 7) is 14.2. The van der Waals surface area contributed by atoms with E-state index >= 15 is 0 Å². The first-order valence-electron chi connectivity index (χ1n) is 8.88. The number of hydrogen-bond donors (Lipinski definition) is 1. The number of piperidine rings is 2. The van der Waals surface area contributed by atoms with Gasteiger partial charge >= 0.3 is 0 Å². The van der Waals surface area contributed by atoms with Crippen LogP contribution in [0.25, 0.3) is 0 Å². The van der Waals surface area contributed by atoms with Gasteiger partial charge in [-0.3, -0.25) is 4.90 Å². The number of nitrogens with two attached hydrogens (primary N) is 1. The molecule has 2 N–H and O–H groups in total. The lowest BCUT2D eigenvalue weighted by atomic mass is 9.83. The Labute approximate surface area is 131 Å². The molecule has 2 saturated heterocycles. The maximum absolute atomic E-state index is 6.23. The summed E-state index contributed by atoms with van der Waals surface area (Å²) >= 11 is 0. The summed E-state index contributed by atoms with van der Waals surface area (Å²) < 4.78 is 5.87. The van der Waals surface area contributed by atoms with Gasteiger partial charge in [-0.2, -0.15) is 0 Å². The van der Waals surface area contributed by atoms with E-state index in [1.54, 1.807) is 0 Å². The Kier molecular flexibility index (Phi) is 6.48. The molecule has 4 heteroatoms. The van der Waals surface area contributed by atoms with Crippen LogP contribution < -0.4 is 5.73 Å². The summed E-state index contributed by atoms with van der Waals surface area (Å²) in [5.41, 5.74) is 6.46. The van der Waals surface area contributed by atoms with Crippen LogP contribution in [0, 0.1) is 5.92 Å². The Morgan fingerprint density at radius 2 is 1.95 bits per heavy atom. The molecular formula is C17H35N3O. The molecular weight excluding hydrogens is 262 g/mol. The third kappa shape index (κ3) is 4.41. The van der Waals surface area contributed by atoms with Crippen LogP contribution in [0.1, 0.15) is 46.5 Å². The van der Waals surface area contributed by atoms with Crippen LogP contribution in [-0.2, 0) is 4.74 Å². The third-order valence-electron chi connectivity index (χ3n) is 5.24. The number of nitrogens with zero attached hydrogens (tertiary/aromatic N) is 2. The minimum Gasteiger partial charge on any atom is -0.377 e. The summed E-state index contributed by atoms with van der Waals surface area (Å²) in [5.74, 6) is 0.757. The second-order valence-electron chi connectivity index (χ2n) is 7.29. The zero-order chi connectivity index (χ0) is 15.3. The van der Waals surface area contributed by atoms with Crippen LogP contribution in [0.2, 0.25) is 0 Å². The highest BCUT2D eigenvalue weighted by Gasteiger charge is 2.40. The van der Waals surface area contributed by atoms with Gasteiger partial charge in [-0.15, -0.1) is 0 Å². The van der Waals surface area contributed by atoms with Gasteiger partial charge in [-0.25, -0.2) is 0 Å². The zero-order valence-corrected chi connectivity index (χ0v) is 14.3. The van der Waals surface area contributed by atoms with Crippen molar-refractivity contribution in [2.45, 2.75) is 58.1 Å². The Morgan fingerprint density at radius 3 is 2.52 bits per heavy atom. The second-order valence-corrected chi connectivity index (χ2v) is 7.29. The molecule has 0 spiro atoms. The molecule has 0 aromatic heterocycles. The van der Waals surface area contributed by atoms with Crippen molar-refractivity contribution in [1.29, 1.82) is 0 Å². The van der Waals surface area contributed by atoms with E-state index in [1.165, 1.54) is 51.9 Å². The molecule has 0 radical (unpaired) electrons. The van der Waals surface area contributed by atoms with Crippen LogP contribution >= 0.6 is 0 Å². The smallest absolute Gasteiger partial charge is 0.0702 e. The van der Waals surface area contributed by atoms with Crippen LogP contribution in [0.15, 0.2) is 0 Å². The highest BCUT2D eigenvalue weighted by atomic mass is 16.5. The van der Waals surface area contributed by atoms with Gasteiger partial charge in [0.2, 0.25) is 0 Å². The molecule has 2 rings (SSSR count). The Morgan fingerprint density at radius 1 is 1.24 bits per heavy atom. The molecule has 21 heavy (non-hydrogen) atoms. The van der Waals surface area contributed by atoms with Crippen molar-refractivity contribution in [1.82, 2.24) is 9.80 Å². The Balaban J connectivity index is 1.92. The van der Waals surface area contributed by atoms with E-state index in [9.17, 15) is 0 Å². The molecule has 0 saturated carbocycles. The fraction of sp³-hybridized carbons (Fsp3) is 1.00. The number of rotatable bonds is 6. The monoisotopic (exact) mass is 297 g/mol. The van der Waals surface area contributed by atoms with Crippen molar-refractivity contribution < 1.29 is 4.74 Å². The standard InChI is InChI=1S/C17H35N3O/c1-4-21-16-6-5-9-20(13-16)17(14-18)7-10-19(11-8-17)12-15(2)3/h15-16H,4-14,18H2,1-3H3.